The van der Waals surface area contributed by atoms with E-state index in [0.717, 1.165) is 12.1 Å². The van der Waals surface area contributed by atoms with Crippen LogP contribution in [0.25, 0.3) is 0 Å². The minimum Gasteiger partial charge on any atom is -0.306 e. The summed E-state index contributed by atoms with van der Waals surface area (Å²) in [6, 6.07) is 14.4. The van der Waals surface area contributed by atoms with Crippen molar-refractivity contribution in [3.05, 3.63) is 69.2 Å². The molecule has 0 aliphatic heterocycles. The zero-order valence-electron chi connectivity index (χ0n) is 12.7. The molecule has 112 valence electrons. The first-order valence-corrected chi connectivity index (χ1v) is 8.00. The fourth-order valence-electron chi connectivity index (χ4n) is 2.32. The lowest BCUT2D eigenvalue weighted by molar-refractivity contribution is 0.575. The van der Waals surface area contributed by atoms with E-state index in [1.807, 2.05) is 18.2 Å². The zero-order valence-corrected chi connectivity index (χ0v) is 14.2. The summed E-state index contributed by atoms with van der Waals surface area (Å²) in [5.41, 5.74) is 3.58. The molecule has 1 N–H and O–H groups in total. The van der Waals surface area contributed by atoms with Gasteiger partial charge in [0.15, 0.2) is 0 Å². The Balaban J connectivity index is 2.02. The summed E-state index contributed by atoms with van der Waals surface area (Å²) in [4.78, 5) is 0. The van der Waals surface area contributed by atoms with Crippen molar-refractivity contribution in [2.24, 2.45) is 0 Å². The lowest BCUT2D eigenvalue weighted by Crippen LogP contribution is -2.18. The van der Waals surface area contributed by atoms with Crippen LogP contribution in [0.2, 0.25) is 10.0 Å². The molecule has 0 amide bonds. The molecular formula is C18H21Cl2N. The first-order valence-electron chi connectivity index (χ1n) is 7.25. The maximum atomic E-state index is 6.24. The Bertz CT molecular complexity index is 570. The Morgan fingerprint density at radius 2 is 1.48 bits per heavy atom. The molecule has 0 saturated heterocycles. The second-order valence-electron chi connectivity index (χ2n) is 5.63. The summed E-state index contributed by atoms with van der Waals surface area (Å²) in [6.07, 6.45) is 0. The molecule has 2 aromatic carbocycles. The molecule has 1 atom stereocenters. The Morgan fingerprint density at radius 1 is 0.905 bits per heavy atom. The van der Waals surface area contributed by atoms with Gasteiger partial charge in [-0.1, -0.05) is 67.4 Å². The molecule has 0 fully saturated rings. The van der Waals surface area contributed by atoms with E-state index in [4.69, 9.17) is 23.2 Å². The van der Waals surface area contributed by atoms with Gasteiger partial charge in [-0.05, 0) is 36.1 Å². The van der Waals surface area contributed by atoms with E-state index in [0.29, 0.717) is 16.0 Å². The molecule has 21 heavy (non-hydrogen) atoms. The minimum atomic E-state index is 0.107. The highest BCUT2D eigenvalue weighted by atomic mass is 35.5. The quantitative estimate of drug-likeness (QED) is 0.715. The summed E-state index contributed by atoms with van der Waals surface area (Å²) < 4.78 is 0. The average molecular weight is 322 g/mol. The topological polar surface area (TPSA) is 12.0 Å². The van der Waals surface area contributed by atoms with Crippen LogP contribution in [0.4, 0.5) is 0 Å². The van der Waals surface area contributed by atoms with Gasteiger partial charge in [-0.25, -0.2) is 0 Å². The monoisotopic (exact) mass is 321 g/mol. The molecule has 0 aromatic heterocycles. The van der Waals surface area contributed by atoms with E-state index in [-0.39, 0.29) is 6.04 Å². The van der Waals surface area contributed by atoms with E-state index < -0.39 is 0 Å². The Labute approximate surface area is 137 Å². The minimum absolute atomic E-state index is 0.107. The van der Waals surface area contributed by atoms with E-state index >= 15 is 0 Å². The molecule has 0 bridgehead atoms. The van der Waals surface area contributed by atoms with Gasteiger partial charge in [-0.3, -0.25) is 0 Å². The second-order valence-corrected chi connectivity index (χ2v) is 6.45. The maximum absolute atomic E-state index is 6.24. The largest absolute Gasteiger partial charge is 0.306 e. The third kappa shape index (κ3) is 4.23. The summed E-state index contributed by atoms with van der Waals surface area (Å²) in [7, 11) is 0. The van der Waals surface area contributed by atoms with Crippen LogP contribution in [0.5, 0.6) is 0 Å². The fourth-order valence-corrected chi connectivity index (χ4v) is 3.04. The normalized spacial score (nSPS) is 12.7. The summed E-state index contributed by atoms with van der Waals surface area (Å²) in [5, 5.41) is 4.89. The zero-order chi connectivity index (χ0) is 15.4. The van der Waals surface area contributed by atoms with E-state index in [1.54, 1.807) is 0 Å². The van der Waals surface area contributed by atoms with Crippen molar-refractivity contribution in [1.82, 2.24) is 5.32 Å². The van der Waals surface area contributed by atoms with Crippen LogP contribution in [-0.4, -0.2) is 0 Å². The Hall–Kier alpha value is -1.02. The predicted octanol–water partition coefficient (Wildman–Crippen LogP) is 5.97. The van der Waals surface area contributed by atoms with Crippen LogP contribution in [0.1, 0.15) is 49.4 Å². The highest BCUT2D eigenvalue weighted by molar-refractivity contribution is 6.36. The molecule has 0 spiro atoms. The highest BCUT2D eigenvalue weighted by Gasteiger charge is 2.13. The number of benzene rings is 2. The number of nitrogens with one attached hydrogen (secondary N) is 1. The standard InChI is InChI=1S/C18H21Cl2N/c1-12(2)15-9-7-14(8-10-15)11-21-13(3)18-16(19)5-4-6-17(18)20/h4-10,12-13,21H,11H2,1-3H3. The van der Waals surface area contributed by atoms with Gasteiger partial charge in [-0.15, -0.1) is 0 Å². The molecule has 0 radical (unpaired) electrons. The number of rotatable bonds is 5. The van der Waals surface area contributed by atoms with Gasteiger partial charge in [0, 0.05) is 28.2 Å². The molecular weight excluding hydrogens is 301 g/mol. The Kier molecular flexibility index (Phi) is 5.69. The van der Waals surface area contributed by atoms with E-state index in [9.17, 15) is 0 Å². The van der Waals surface area contributed by atoms with Gasteiger partial charge in [0.1, 0.15) is 0 Å². The lowest BCUT2D eigenvalue weighted by atomic mass is 10.0. The van der Waals surface area contributed by atoms with Gasteiger partial charge in [0.2, 0.25) is 0 Å². The third-order valence-corrected chi connectivity index (χ3v) is 4.35. The van der Waals surface area contributed by atoms with Crippen LogP contribution < -0.4 is 5.32 Å². The number of halogens is 2. The van der Waals surface area contributed by atoms with Crippen molar-refractivity contribution in [3.8, 4) is 0 Å². The Morgan fingerprint density at radius 3 is 2.00 bits per heavy atom. The first kappa shape index (κ1) is 16.4. The molecule has 0 saturated carbocycles. The van der Waals surface area contributed by atoms with Crippen molar-refractivity contribution in [2.45, 2.75) is 39.3 Å². The average Bonchev–Trinajstić information content (AvgIpc) is 2.45. The van der Waals surface area contributed by atoms with Crippen LogP contribution in [0, 0.1) is 0 Å². The van der Waals surface area contributed by atoms with Gasteiger partial charge in [0.05, 0.1) is 0 Å². The summed E-state index contributed by atoms with van der Waals surface area (Å²) in [5.74, 6) is 0.563. The van der Waals surface area contributed by atoms with E-state index in [2.05, 4.69) is 50.4 Å². The van der Waals surface area contributed by atoms with Crippen molar-refractivity contribution >= 4 is 23.2 Å². The van der Waals surface area contributed by atoms with Gasteiger partial charge in [-0.2, -0.15) is 0 Å². The van der Waals surface area contributed by atoms with Crippen molar-refractivity contribution in [3.63, 3.8) is 0 Å². The van der Waals surface area contributed by atoms with Crippen LogP contribution >= 0.6 is 23.2 Å². The first-order chi connectivity index (χ1) is 9.99. The van der Waals surface area contributed by atoms with Crippen molar-refractivity contribution in [2.75, 3.05) is 0 Å². The molecule has 2 aromatic rings. The SMILES string of the molecule is CC(C)c1ccc(CNC(C)c2c(Cl)cccc2Cl)cc1. The molecule has 0 aliphatic carbocycles. The molecule has 0 heterocycles. The van der Waals surface area contributed by atoms with Crippen molar-refractivity contribution in [1.29, 1.82) is 0 Å². The van der Waals surface area contributed by atoms with Crippen LogP contribution in [-0.2, 0) is 6.54 Å². The molecule has 2 rings (SSSR count). The second kappa shape index (κ2) is 7.31. The third-order valence-electron chi connectivity index (χ3n) is 3.69. The maximum Gasteiger partial charge on any atom is 0.0468 e. The lowest BCUT2D eigenvalue weighted by Gasteiger charge is -2.17. The summed E-state index contributed by atoms with van der Waals surface area (Å²) in [6.45, 7) is 7.28. The predicted molar refractivity (Wildman–Crippen MR) is 92.2 cm³/mol. The molecule has 3 heteroatoms. The summed E-state index contributed by atoms with van der Waals surface area (Å²) >= 11 is 12.5. The number of hydrogen-bond donors (Lipinski definition) is 1. The van der Waals surface area contributed by atoms with Crippen LogP contribution in [0.3, 0.4) is 0 Å². The molecule has 1 unspecified atom stereocenters. The number of hydrogen-bond acceptors (Lipinski definition) is 1. The molecule has 0 aliphatic rings. The highest BCUT2D eigenvalue weighted by Crippen LogP contribution is 2.30. The molecule has 1 nitrogen and oxygen atoms in total. The smallest absolute Gasteiger partial charge is 0.0468 e. The van der Waals surface area contributed by atoms with Crippen molar-refractivity contribution < 1.29 is 0 Å². The van der Waals surface area contributed by atoms with Gasteiger partial charge < -0.3 is 5.32 Å². The van der Waals surface area contributed by atoms with E-state index in [1.165, 1.54) is 11.1 Å². The van der Waals surface area contributed by atoms with Gasteiger partial charge >= 0.3 is 0 Å². The van der Waals surface area contributed by atoms with Gasteiger partial charge in [0.25, 0.3) is 0 Å². The fraction of sp³-hybridized carbons (Fsp3) is 0.333. The van der Waals surface area contributed by atoms with Crippen LogP contribution in [0.15, 0.2) is 42.5 Å².